The Balaban J connectivity index is 1.69. The fourth-order valence-corrected chi connectivity index (χ4v) is 3.65. The van der Waals surface area contributed by atoms with E-state index in [1.807, 2.05) is 36.4 Å². The van der Waals surface area contributed by atoms with Gasteiger partial charge in [0.2, 0.25) is 18.6 Å². The van der Waals surface area contributed by atoms with E-state index in [0.29, 0.717) is 30.3 Å². The summed E-state index contributed by atoms with van der Waals surface area (Å²) in [4.78, 5) is 27.5. The van der Waals surface area contributed by atoms with Gasteiger partial charge in [0.25, 0.3) is 0 Å². The summed E-state index contributed by atoms with van der Waals surface area (Å²) in [5, 5.41) is 3.53. The minimum Gasteiger partial charge on any atom is -0.454 e. The number of aryl methyl sites for hydroxylation is 1. The van der Waals surface area contributed by atoms with E-state index in [2.05, 4.69) is 12.2 Å². The van der Waals surface area contributed by atoms with E-state index in [9.17, 15) is 9.59 Å². The van der Waals surface area contributed by atoms with Gasteiger partial charge in [-0.15, -0.1) is 0 Å². The van der Waals surface area contributed by atoms with Crippen LogP contribution in [0, 0.1) is 0 Å². The molecule has 3 rings (SSSR count). The highest BCUT2D eigenvalue weighted by atomic mass is 35.5. The summed E-state index contributed by atoms with van der Waals surface area (Å²) in [5.74, 6) is 1.18. The average Bonchev–Trinajstić information content (AvgIpc) is 3.23. The largest absolute Gasteiger partial charge is 0.454 e. The topological polar surface area (TPSA) is 67.9 Å². The van der Waals surface area contributed by atoms with Crippen LogP contribution in [0.3, 0.4) is 0 Å². The Morgan fingerprint density at radius 2 is 1.94 bits per heavy atom. The Hall–Kier alpha value is -2.73. The second-order valence-electron chi connectivity index (χ2n) is 7.66. The van der Waals surface area contributed by atoms with Crippen LogP contribution in [0.4, 0.5) is 0 Å². The number of rotatable bonds is 10. The SMILES string of the molecule is CCCCNC(=O)[C@H](C)N(Cc1cccc(Cl)c1)C(=O)CCc1ccc2c(c1)OCO2. The molecule has 0 aliphatic carbocycles. The van der Waals surface area contributed by atoms with Crippen molar-refractivity contribution in [3.8, 4) is 11.5 Å². The predicted octanol–water partition coefficient (Wildman–Crippen LogP) is 4.33. The molecule has 0 bridgehead atoms. The van der Waals surface area contributed by atoms with E-state index in [1.54, 1.807) is 17.9 Å². The van der Waals surface area contributed by atoms with Crippen molar-refractivity contribution in [3.63, 3.8) is 0 Å². The molecule has 6 nitrogen and oxygen atoms in total. The predicted molar refractivity (Wildman–Crippen MR) is 120 cm³/mol. The molecule has 0 unspecified atom stereocenters. The summed E-state index contributed by atoms with van der Waals surface area (Å²) in [6.07, 6.45) is 2.73. The van der Waals surface area contributed by atoms with Crippen LogP contribution in [-0.2, 0) is 22.6 Å². The zero-order valence-electron chi connectivity index (χ0n) is 18.0. The van der Waals surface area contributed by atoms with Crippen molar-refractivity contribution in [2.24, 2.45) is 0 Å². The number of nitrogens with one attached hydrogen (secondary N) is 1. The van der Waals surface area contributed by atoms with Gasteiger partial charge in [-0.3, -0.25) is 9.59 Å². The number of nitrogens with zero attached hydrogens (tertiary/aromatic N) is 1. The molecule has 1 N–H and O–H groups in total. The van der Waals surface area contributed by atoms with Crippen molar-refractivity contribution < 1.29 is 19.1 Å². The van der Waals surface area contributed by atoms with E-state index < -0.39 is 6.04 Å². The van der Waals surface area contributed by atoms with Gasteiger partial charge in [0.1, 0.15) is 6.04 Å². The number of halogens is 1. The summed E-state index contributed by atoms with van der Waals surface area (Å²) in [7, 11) is 0. The Bertz CT molecular complexity index is 918. The first-order chi connectivity index (χ1) is 15.0. The molecule has 0 aromatic heterocycles. The molecule has 31 heavy (non-hydrogen) atoms. The third-order valence-corrected chi connectivity index (χ3v) is 5.54. The molecule has 0 radical (unpaired) electrons. The number of unbranched alkanes of at least 4 members (excludes halogenated alkanes) is 1. The van der Waals surface area contributed by atoms with Crippen molar-refractivity contribution in [1.82, 2.24) is 10.2 Å². The standard InChI is InChI=1S/C24H29ClN2O4/c1-3-4-12-26-24(29)17(2)27(15-19-6-5-7-20(25)13-19)23(28)11-9-18-8-10-21-22(14-18)31-16-30-21/h5-8,10,13-14,17H,3-4,9,11-12,15-16H2,1-2H3,(H,26,29)/t17-/m0/s1. The number of benzene rings is 2. The average molecular weight is 445 g/mol. The number of ether oxygens (including phenoxy) is 2. The molecular formula is C24H29ClN2O4. The quantitative estimate of drug-likeness (QED) is 0.553. The van der Waals surface area contributed by atoms with Crippen molar-refractivity contribution in [1.29, 1.82) is 0 Å². The molecule has 0 spiro atoms. The van der Waals surface area contributed by atoms with Gasteiger partial charge in [-0.2, -0.15) is 0 Å². The molecule has 1 aliphatic heterocycles. The minimum atomic E-state index is -0.583. The maximum atomic E-state index is 13.2. The summed E-state index contributed by atoms with van der Waals surface area (Å²) < 4.78 is 10.8. The first-order valence-electron chi connectivity index (χ1n) is 10.7. The van der Waals surface area contributed by atoms with Crippen LogP contribution in [0.1, 0.15) is 44.2 Å². The normalized spacial score (nSPS) is 13.0. The van der Waals surface area contributed by atoms with Crippen molar-refractivity contribution in [3.05, 3.63) is 58.6 Å². The molecule has 0 fully saturated rings. The Labute approximate surface area is 188 Å². The number of carbonyl (C=O) groups excluding carboxylic acids is 2. The highest BCUT2D eigenvalue weighted by Gasteiger charge is 2.26. The third-order valence-electron chi connectivity index (χ3n) is 5.30. The zero-order valence-corrected chi connectivity index (χ0v) is 18.8. The van der Waals surface area contributed by atoms with E-state index in [1.165, 1.54) is 0 Å². The van der Waals surface area contributed by atoms with Gasteiger partial charge in [-0.25, -0.2) is 0 Å². The molecule has 0 saturated carbocycles. The van der Waals surface area contributed by atoms with E-state index in [-0.39, 0.29) is 25.0 Å². The molecule has 1 aliphatic rings. The number of hydrogen-bond acceptors (Lipinski definition) is 4. The molecule has 1 atom stereocenters. The molecule has 2 aromatic rings. The molecule has 2 aromatic carbocycles. The lowest BCUT2D eigenvalue weighted by Gasteiger charge is -2.29. The summed E-state index contributed by atoms with van der Waals surface area (Å²) >= 11 is 6.12. The van der Waals surface area contributed by atoms with Crippen LogP contribution in [0.5, 0.6) is 11.5 Å². The zero-order chi connectivity index (χ0) is 22.2. The van der Waals surface area contributed by atoms with Crippen molar-refractivity contribution in [2.75, 3.05) is 13.3 Å². The van der Waals surface area contributed by atoms with Crippen molar-refractivity contribution >= 4 is 23.4 Å². The highest BCUT2D eigenvalue weighted by Crippen LogP contribution is 2.32. The Morgan fingerprint density at radius 3 is 2.71 bits per heavy atom. The monoisotopic (exact) mass is 444 g/mol. The maximum Gasteiger partial charge on any atom is 0.242 e. The van der Waals surface area contributed by atoms with Crippen molar-refractivity contribution in [2.45, 2.75) is 52.1 Å². The van der Waals surface area contributed by atoms with Gasteiger partial charge in [0, 0.05) is 24.5 Å². The summed E-state index contributed by atoms with van der Waals surface area (Å²) in [6.45, 7) is 4.99. The molecule has 1 heterocycles. The van der Waals surface area contributed by atoms with E-state index >= 15 is 0 Å². The van der Waals surface area contributed by atoms with E-state index in [0.717, 1.165) is 29.7 Å². The first kappa shape index (κ1) is 22.9. The van der Waals surface area contributed by atoms with Crippen LogP contribution < -0.4 is 14.8 Å². The summed E-state index contributed by atoms with van der Waals surface area (Å²) in [5.41, 5.74) is 1.87. The van der Waals surface area contributed by atoms with Gasteiger partial charge in [0.05, 0.1) is 0 Å². The number of hydrogen-bond donors (Lipinski definition) is 1. The summed E-state index contributed by atoms with van der Waals surface area (Å²) in [6, 6.07) is 12.5. The molecule has 2 amide bonds. The van der Waals surface area contributed by atoms with E-state index in [4.69, 9.17) is 21.1 Å². The molecule has 0 saturated heterocycles. The number of fused-ring (bicyclic) bond motifs is 1. The highest BCUT2D eigenvalue weighted by molar-refractivity contribution is 6.30. The first-order valence-corrected chi connectivity index (χ1v) is 11.1. The number of carbonyl (C=O) groups is 2. The second-order valence-corrected chi connectivity index (χ2v) is 8.10. The van der Waals surface area contributed by atoms with Crippen LogP contribution >= 0.6 is 11.6 Å². The second kappa shape index (κ2) is 11.0. The Morgan fingerprint density at radius 1 is 1.13 bits per heavy atom. The van der Waals surface area contributed by atoms with Crippen LogP contribution in [0.25, 0.3) is 0 Å². The maximum absolute atomic E-state index is 13.2. The van der Waals surface area contributed by atoms with Gasteiger partial charge < -0.3 is 19.7 Å². The van der Waals surface area contributed by atoms with Gasteiger partial charge in [-0.1, -0.05) is 43.1 Å². The number of amides is 2. The third kappa shape index (κ3) is 6.37. The fourth-order valence-electron chi connectivity index (χ4n) is 3.44. The molecule has 7 heteroatoms. The van der Waals surface area contributed by atoms with Crippen LogP contribution in [0.2, 0.25) is 5.02 Å². The fraction of sp³-hybridized carbons (Fsp3) is 0.417. The van der Waals surface area contributed by atoms with Gasteiger partial charge in [0.15, 0.2) is 11.5 Å². The lowest BCUT2D eigenvalue weighted by atomic mass is 10.1. The minimum absolute atomic E-state index is 0.0872. The smallest absolute Gasteiger partial charge is 0.242 e. The lowest BCUT2D eigenvalue weighted by Crippen LogP contribution is -2.47. The molecular weight excluding hydrogens is 416 g/mol. The van der Waals surface area contributed by atoms with Gasteiger partial charge >= 0.3 is 0 Å². The molecule has 166 valence electrons. The van der Waals surface area contributed by atoms with Crippen LogP contribution in [0.15, 0.2) is 42.5 Å². The lowest BCUT2D eigenvalue weighted by molar-refractivity contribution is -0.140. The van der Waals surface area contributed by atoms with Gasteiger partial charge in [-0.05, 0) is 55.2 Å². The van der Waals surface area contributed by atoms with Crippen LogP contribution in [-0.4, -0.2) is 36.1 Å². The Kier molecular flexibility index (Phi) is 8.18.